The van der Waals surface area contributed by atoms with Crippen molar-refractivity contribution in [3.8, 4) is 0 Å². The summed E-state index contributed by atoms with van der Waals surface area (Å²) in [6, 6.07) is 2.48. The van der Waals surface area contributed by atoms with Crippen molar-refractivity contribution >= 4 is 17.9 Å². The number of carbonyl (C=O) groups is 1. The number of hydrogen-bond acceptors (Lipinski definition) is 6. The van der Waals surface area contributed by atoms with E-state index < -0.39 is 0 Å². The molecule has 2 aliphatic rings. The molecule has 0 radical (unpaired) electrons. The minimum absolute atomic E-state index is 0.234. The summed E-state index contributed by atoms with van der Waals surface area (Å²) in [4.78, 5) is 24.4. The highest BCUT2D eigenvalue weighted by atomic mass is 16.6. The molecule has 1 aliphatic heterocycles. The SMILES string of the molecule is CCOC(=O)N1CCN(c2nccc(NC3CC3)n2)CC1. The summed E-state index contributed by atoms with van der Waals surface area (Å²) in [5.41, 5.74) is 0. The Morgan fingerprint density at radius 1 is 1.38 bits per heavy atom. The van der Waals surface area contributed by atoms with Crippen LogP contribution < -0.4 is 10.2 Å². The maximum atomic E-state index is 11.7. The molecule has 0 bridgehead atoms. The Bertz CT molecular complexity index is 498. The van der Waals surface area contributed by atoms with Crippen LogP contribution in [0, 0.1) is 0 Å². The van der Waals surface area contributed by atoms with E-state index in [0.29, 0.717) is 25.7 Å². The number of nitrogens with zero attached hydrogens (tertiary/aromatic N) is 4. The van der Waals surface area contributed by atoms with Gasteiger partial charge in [0.05, 0.1) is 6.61 Å². The molecule has 1 aromatic heterocycles. The molecule has 1 amide bonds. The molecule has 21 heavy (non-hydrogen) atoms. The summed E-state index contributed by atoms with van der Waals surface area (Å²) in [6.45, 7) is 4.97. The molecule has 1 saturated heterocycles. The molecular weight excluding hydrogens is 270 g/mol. The average Bonchev–Trinajstić information content (AvgIpc) is 3.32. The van der Waals surface area contributed by atoms with Crippen molar-refractivity contribution in [2.45, 2.75) is 25.8 Å². The molecular formula is C14H21N5O2. The number of aromatic nitrogens is 2. The van der Waals surface area contributed by atoms with Gasteiger partial charge in [-0.1, -0.05) is 0 Å². The maximum Gasteiger partial charge on any atom is 0.409 e. The highest BCUT2D eigenvalue weighted by molar-refractivity contribution is 5.68. The van der Waals surface area contributed by atoms with Crippen LogP contribution in [0.5, 0.6) is 0 Å². The van der Waals surface area contributed by atoms with Crippen LogP contribution in [0.1, 0.15) is 19.8 Å². The zero-order chi connectivity index (χ0) is 14.7. The number of anilines is 2. The Kier molecular flexibility index (Phi) is 4.08. The second-order valence-corrected chi connectivity index (χ2v) is 5.33. The Morgan fingerprint density at radius 3 is 2.81 bits per heavy atom. The number of piperazine rings is 1. The molecule has 1 aliphatic carbocycles. The molecule has 0 spiro atoms. The van der Waals surface area contributed by atoms with Gasteiger partial charge in [-0.2, -0.15) is 4.98 Å². The third-order valence-electron chi connectivity index (χ3n) is 3.66. The first-order valence-corrected chi connectivity index (χ1v) is 7.52. The van der Waals surface area contributed by atoms with Gasteiger partial charge < -0.3 is 19.9 Å². The van der Waals surface area contributed by atoms with Crippen molar-refractivity contribution < 1.29 is 9.53 Å². The molecule has 7 heteroatoms. The molecule has 0 aromatic carbocycles. The van der Waals surface area contributed by atoms with Gasteiger partial charge in [0.1, 0.15) is 5.82 Å². The van der Waals surface area contributed by atoms with E-state index in [0.717, 1.165) is 24.9 Å². The van der Waals surface area contributed by atoms with Crippen LogP contribution >= 0.6 is 0 Å². The van der Waals surface area contributed by atoms with E-state index in [1.807, 2.05) is 13.0 Å². The van der Waals surface area contributed by atoms with Crippen LogP contribution in [0.15, 0.2) is 12.3 Å². The van der Waals surface area contributed by atoms with E-state index in [4.69, 9.17) is 4.74 Å². The quantitative estimate of drug-likeness (QED) is 0.902. The van der Waals surface area contributed by atoms with Crippen LogP contribution in [0.4, 0.5) is 16.6 Å². The van der Waals surface area contributed by atoms with Crippen LogP contribution in [-0.2, 0) is 4.74 Å². The number of ether oxygens (including phenoxy) is 1. The second kappa shape index (κ2) is 6.15. The fourth-order valence-corrected chi connectivity index (χ4v) is 2.32. The Labute approximate surface area is 124 Å². The van der Waals surface area contributed by atoms with Crippen molar-refractivity contribution in [2.24, 2.45) is 0 Å². The predicted molar refractivity (Wildman–Crippen MR) is 79.5 cm³/mol. The number of rotatable bonds is 4. The van der Waals surface area contributed by atoms with E-state index in [9.17, 15) is 4.79 Å². The third-order valence-corrected chi connectivity index (χ3v) is 3.66. The fraction of sp³-hybridized carbons (Fsp3) is 0.643. The lowest BCUT2D eigenvalue weighted by Gasteiger charge is -2.34. The van der Waals surface area contributed by atoms with Crippen LogP contribution in [-0.4, -0.2) is 59.8 Å². The molecule has 0 atom stereocenters. The van der Waals surface area contributed by atoms with Crippen LogP contribution in [0.25, 0.3) is 0 Å². The monoisotopic (exact) mass is 291 g/mol. The summed E-state index contributed by atoms with van der Waals surface area (Å²) in [7, 11) is 0. The van der Waals surface area contributed by atoms with Gasteiger partial charge in [0.25, 0.3) is 0 Å². The van der Waals surface area contributed by atoms with E-state index >= 15 is 0 Å². The van der Waals surface area contributed by atoms with Gasteiger partial charge in [-0.15, -0.1) is 0 Å². The molecule has 114 valence electrons. The minimum Gasteiger partial charge on any atom is -0.450 e. The van der Waals surface area contributed by atoms with Crippen molar-refractivity contribution in [2.75, 3.05) is 43.0 Å². The Balaban J connectivity index is 1.57. The lowest BCUT2D eigenvalue weighted by molar-refractivity contribution is 0.105. The predicted octanol–water partition coefficient (Wildman–Crippen LogP) is 1.33. The van der Waals surface area contributed by atoms with Crippen LogP contribution in [0.3, 0.4) is 0 Å². The highest BCUT2D eigenvalue weighted by Crippen LogP contribution is 2.24. The van der Waals surface area contributed by atoms with Gasteiger partial charge in [0.2, 0.25) is 5.95 Å². The molecule has 1 saturated carbocycles. The topological polar surface area (TPSA) is 70.6 Å². The summed E-state index contributed by atoms with van der Waals surface area (Å²) in [5, 5.41) is 3.38. The van der Waals surface area contributed by atoms with Gasteiger partial charge in [0.15, 0.2) is 0 Å². The summed E-state index contributed by atoms with van der Waals surface area (Å²) >= 11 is 0. The average molecular weight is 291 g/mol. The lowest BCUT2D eigenvalue weighted by atomic mass is 10.3. The molecule has 1 N–H and O–H groups in total. The first-order valence-electron chi connectivity index (χ1n) is 7.52. The van der Waals surface area contributed by atoms with Gasteiger partial charge in [-0.05, 0) is 25.8 Å². The molecule has 1 aromatic rings. The summed E-state index contributed by atoms with van der Waals surface area (Å²) in [6.07, 6.45) is 3.99. The molecule has 2 fully saturated rings. The largest absolute Gasteiger partial charge is 0.450 e. The van der Waals surface area contributed by atoms with Crippen molar-refractivity contribution in [1.29, 1.82) is 0 Å². The first kappa shape index (κ1) is 13.9. The number of hydrogen-bond donors (Lipinski definition) is 1. The standard InChI is InChI=1S/C14H21N5O2/c1-2-21-14(20)19-9-7-18(8-10-19)13-15-6-5-12(17-13)16-11-3-4-11/h5-6,11H,2-4,7-10H2,1H3,(H,15,16,17). The zero-order valence-electron chi connectivity index (χ0n) is 12.3. The fourth-order valence-electron chi connectivity index (χ4n) is 2.32. The highest BCUT2D eigenvalue weighted by Gasteiger charge is 2.24. The number of carbonyl (C=O) groups excluding carboxylic acids is 1. The van der Waals surface area contributed by atoms with Gasteiger partial charge in [0, 0.05) is 38.4 Å². The first-order chi connectivity index (χ1) is 10.3. The van der Waals surface area contributed by atoms with Gasteiger partial charge in [-0.25, -0.2) is 9.78 Å². The number of amides is 1. The second-order valence-electron chi connectivity index (χ2n) is 5.33. The van der Waals surface area contributed by atoms with E-state index in [1.54, 1.807) is 11.1 Å². The van der Waals surface area contributed by atoms with Gasteiger partial charge in [-0.3, -0.25) is 0 Å². The Morgan fingerprint density at radius 2 is 2.14 bits per heavy atom. The minimum atomic E-state index is -0.234. The molecule has 2 heterocycles. The van der Waals surface area contributed by atoms with Crippen molar-refractivity contribution in [3.63, 3.8) is 0 Å². The van der Waals surface area contributed by atoms with Crippen molar-refractivity contribution in [1.82, 2.24) is 14.9 Å². The molecule has 3 rings (SSSR count). The maximum absolute atomic E-state index is 11.7. The van der Waals surface area contributed by atoms with E-state index in [1.165, 1.54) is 12.8 Å². The zero-order valence-corrected chi connectivity index (χ0v) is 12.3. The van der Waals surface area contributed by atoms with E-state index in [-0.39, 0.29) is 6.09 Å². The smallest absolute Gasteiger partial charge is 0.409 e. The summed E-state index contributed by atoms with van der Waals surface area (Å²) in [5.74, 6) is 1.61. The lowest BCUT2D eigenvalue weighted by Crippen LogP contribution is -2.49. The normalized spacial score (nSPS) is 18.5. The number of nitrogens with one attached hydrogen (secondary N) is 1. The Hall–Kier alpha value is -2.05. The summed E-state index contributed by atoms with van der Waals surface area (Å²) < 4.78 is 5.02. The van der Waals surface area contributed by atoms with Crippen LogP contribution in [0.2, 0.25) is 0 Å². The third kappa shape index (κ3) is 3.53. The molecule has 0 unspecified atom stereocenters. The molecule has 7 nitrogen and oxygen atoms in total. The van der Waals surface area contributed by atoms with E-state index in [2.05, 4.69) is 20.2 Å². The van der Waals surface area contributed by atoms with Gasteiger partial charge >= 0.3 is 6.09 Å². The van der Waals surface area contributed by atoms with Crippen molar-refractivity contribution in [3.05, 3.63) is 12.3 Å².